The van der Waals surface area contributed by atoms with Gasteiger partial charge in [0.1, 0.15) is 11.9 Å². The number of ether oxygens (including phenoxy) is 1. The number of carbonyl (C=O) groups excluding carboxylic acids is 1. The molecule has 2 aliphatic rings. The molecule has 5 nitrogen and oxygen atoms in total. The minimum atomic E-state index is -4.41. The predicted molar refractivity (Wildman–Crippen MR) is 93.1 cm³/mol. The fraction of sp³-hybridized carbons (Fsp3) is 0.316. The van der Waals surface area contributed by atoms with Crippen LogP contribution >= 0.6 is 0 Å². The number of nitrogens with zero attached hydrogens (tertiary/aromatic N) is 3. The van der Waals surface area contributed by atoms with Gasteiger partial charge in [-0.3, -0.25) is 9.91 Å². The molecule has 2 aromatic carbocycles. The molecule has 0 radical (unpaired) electrons. The summed E-state index contributed by atoms with van der Waals surface area (Å²) in [6.45, 7) is 1.31. The van der Waals surface area contributed by atoms with Crippen LogP contribution in [0.25, 0.3) is 0 Å². The van der Waals surface area contributed by atoms with Crippen LogP contribution in [0, 0.1) is 0 Å². The molecule has 2 amide bonds. The predicted octanol–water partition coefficient (Wildman–Crippen LogP) is 4.28. The van der Waals surface area contributed by atoms with Gasteiger partial charge in [0.25, 0.3) is 0 Å². The fourth-order valence-corrected chi connectivity index (χ4v) is 3.61. The van der Waals surface area contributed by atoms with Crippen molar-refractivity contribution in [3.63, 3.8) is 0 Å². The average Bonchev–Trinajstić information content (AvgIpc) is 3.23. The Hall–Kier alpha value is -2.74. The molecule has 0 unspecified atom stereocenters. The van der Waals surface area contributed by atoms with Gasteiger partial charge in [-0.15, -0.1) is 0 Å². The Balaban J connectivity index is 1.73. The van der Waals surface area contributed by atoms with E-state index in [0.717, 1.165) is 24.1 Å². The molecule has 0 saturated carbocycles. The second-order valence-corrected chi connectivity index (χ2v) is 6.48. The van der Waals surface area contributed by atoms with Gasteiger partial charge < -0.3 is 4.74 Å². The van der Waals surface area contributed by atoms with Crippen molar-refractivity contribution in [2.45, 2.75) is 18.8 Å². The number of urea groups is 1. The monoisotopic (exact) mass is 377 g/mol. The minimum Gasteiger partial charge on any atom is -0.497 e. The molecule has 2 aromatic rings. The summed E-state index contributed by atoms with van der Waals surface area (Å²) in [5.74, 6) is 0.697. The Morgan fingerprint density at radius 3 is 2.26 bits per heavy atom. The van der Waals surface area contributed by atoms with Gasteiger partial charge in [0, 0.05) is 18.8 Å². The standard InChI is InChI=1S/C19H18F3N3O2/c1-27-16-9-3-13(4-10-16)17-23-11-2-12-24(23)18(26)25(17)15-7-5-14(6-8-15)19(20,21)22/h3-10,17H,2,11-12H2,1H3/t17-/m1/s1. The second-order valence-electron chi connectivity index (χ2n) is 6.48. The van der Waals surface area contributed by atoms with E-state index in [1.54, 1.807) is 17.0 Å². The molecule has 2 aliphatic heterocycles. The summed E-state index contributed by atoms with van der Waals surface area (Å²) in [6.07, 6.45) is -3.95. The molecular weight excluding hydrogens is 359 g/mol. The van der Waals surface area contributed by atoms with Crippen molar-refractivity contribution >= 4 is 11.7 Å². The van der Waals surface area contributed by atoms with Crippen LogP contribution in [-0.2, 0) is 6.18 Å². The lowest BCUT2D eigenvalue weighted by Gasteiger charge is -2.28. The van der Waals surface area contributed by atoms with Gasteiger partial charge in [-0.05, 0) is 48.4 Å². The van der Waals surface area contributed by atoms with Crippen LogP contribution in [0.3, 0.4) is 0 Å². The van der Waals surface area contributed by atoms with Gasteiger partial charge in [-0.1, -0.05) is 12.1 Å². The van der Waals surface area contributed by atoms with Crippen LogP contribution in [-0.4, -0.2) is 36.2 Å². The zero-order valence-electron chi connectivity index (χ0n) is 14.6. The number of anilines is 1. The number of rotatable bonds is 3. The lowest BCUT2D eigenvalue weighted by molar-refractivity contribution is -0.137. The van der Waals surface area contributed by atoms with Crippen molar-refractivity contribution < 1.29 is 22.7 Å². The third-order valence-corrected chi connectivity index (χ3v) is 4.91. The highest BCUT2D eigenvalue weighted by molar-refractivity contribution is 5.94. The van der Waals surface area contributed by atoms with Crippen LogP contribution in [0.1, 0.15) is 23.7 Å². The molecular formula is C19H18F3N3O2. The molecule has 0 N–H and O–H groups in total. The van der Waals surface area contributed by atoms with E-state index in [0.29, 0.717) is 24.5 Å². The van der Waals surface area contributed by atoms with E-state index in [1.807, 2.05) is 29.3 Å². The van der Waals surface area contributed by atoms with Crippen LogP contribution in [0.4, 0.5) is 23.7 Å². The molecule has 2 fully saturated rings. The van der Waals surface area contributed by atoms with E-state index in [-0.39, 0.29) is 6.03 Å². The molecule has 27 heavy (non-hydrogen) atoms. The van der Waals surface area contributed by atoms with Gasteiger partial charge in [0.2, 0.25) is 0 Å². The number of hydrogen-bond donors (Lipinski definition) is 0. The summed E-state index contributed by atoms with van der Waals surface area (Å²) in [4.78, 5) is 14.5. The lowest BCUT2D eigenvalue weighted by atomic mass is 10.1. The summed E-state index contributed by atoms with van der Waals surface area (Å²) >= 11 is 0. The van der Waals surface area contributed by atoms with E-state index < -0.39 is 17.9 Å². The number of amides is 2. The maximum absolute atomic E-state index is 12.9. The van der Waals surface area contributed by atoms with Gasteiger partial charge in [0.05, 0.1) is 12.7 Å². The normalized spacial score (nSPS) is 20.3. The van der Waals surface area contributed by atoms with E-state index in [9.17, 15) is 18.0 Å². The van der Waals surface area contributed by atoms with E-state index in [1.165, 1.54) is 12.1 Å². The molecule has 8 heteroatoms. The van der Waals surface area contributed by atoms with Crippen LogP contribution in [0.15, 0.2) is 48.5 Å². The van der Waals surface area contributed by atoms with Gasteiger partial charge >= 0.3 is 12.2 Å². The Kier molecular flexibility index (Phi) is 4.22. The zero-order chi connectivity index (χ0) is 19.2. The lowest BCUT2D eigenvalue weighted by Crippen LogP contribution is -2.32. The first-order valence-corrected chi connectivity index (χ1v) is 8.58. The Bertz CT molecular complexity index is 837. The number of benzene rings is 2. The summed E-state index contributed by atoms with van der Waals surface area (Å²) in [5, 5.41) is 3.62. The van der Waals surface area contributed by atoms with Gasteiger partial charge in [-0.2, -0.15) is 18.2 Å². The second kappa shape index (κ2) is 6.45. The highest BCUT2D eigenvalue weighted by Gasteiger charge is 2.47. The van der Waals surface area contributed by atoms with E-state index in [4.69, 9.17) is 4.74 Å². The van der Waals surface area contributed by atoms with Crippen molar-refractivity contribution in [1.29, 1.82) is 0 Å². The van der Waals surface area contributed by atoms with Crippen molar-refractivity contribution in [3.05, 3.63) is 59.7 Å². The molecule has 2 heterocycles. The van der Waals surface area contributed by atoms with E-state index in [2.05, 4.69) is 0 Å². The molecule has 142 valence electrons. The van der Waals surface area contributed by atoms with Crippen LogP contribution < -0.4 is 9.64 Å². The molecule has 0 aromatic heterocycles. The molecule has 1 atom stereocenters. The summed E-state index contributed by atoms with van der Waals surface area (Å²) in [5.41, 5.74) is 0.566. The van der Waals surface area contributed by atoms with Crippen molar-refractivity contribution in [2.24, 2.45) is 0 Å². The average molecular weight is 377 g/mol. The topological polar surface area (TPSA) is 36.0 Å². The van der Waals surface area contributed by atoms with Crippen molar-refractivity contribution in [2.75, 3.05) is 25.1 Å². The first kappa shape index (κ1) is 17.7. The third-order valence-electron chi connectivity index (χ3n) is 4.91. The maximum atomic E-state index is 12.9. The number of hydrogen-bond acceptors (Lipinski definition) is 3. The highest BCUT2D eigenvalue weighted by Crippen LogP contribution is 2.41. The molecule has 4 rings (SSSR count). The molecule has 2 saturated heterocycles. The molecule has 0 bridgehead atoms. The quantitative estimate of drug-likeness (QED) is 0.801. The number of fused-ring (bicyclic) bond motifs is 1. The largest absolute Gasteiger partial charge is 0.497 e. The number of methoxy groups -OCH3 is 1. The van der Waals surface area contributed by atoms with Crippen LogP contribution in [0.5, 0.6) is 5.75 Å². The van der Waals surface area contributed by atoms with Gasteiger partial charge in [0.15, 0.2) is 0 Å². The third kappa shape index (κ3) is 2.99. The van der Waals surface area contributed by atoms with E-state index >= 15 is 0 Å². The SMILES string of the molecule is COc1ccc([C@H]2N(c3ccc(C(F)(F)F)cc3)C(=O)N3CCCN23)cc1. The summed E-state index contributed by atoms with van der Waals surface area (Å²) in [6, 6.07) is 11.8. The molecule has 0 spiro atoms. The van der Waals surface area contributed by atoms with Crippen molar-refractivity contribution in [1.82, 2.24) is 10.0 Å². The Morgan fingerprint density at radius 2 is 1.67 bits per heavy atom. The molecule has 0 aliphatic carbocycles. The van der Waals surface area contributed by atoms with Crippen molar-refractivity contribution in [3.8, 4) is 5.75 Å². The minimum absolute atomic E-state index is 0.229. The maximum Gasteiger partial charge on any atom is 0.416 e. The zero-order valence-corrected chi connectivity index (χ0v) is 14.6. The Labute approximate surface area is 154 Å². The number of hydrazine groups is 1. The number of halogens is 3. The van der Waals surface area contributed by atoms with Gasteiger partial charge in [-0.25, -0.2) is 4.79 Å². The fourth-order valence-electron chi connectivity index (χ4n) is 3.61. The Morgan fingerprint density at radius 1 is 1.00 bits per heavy atom. The summed E-state index contributed by atoms with van der Waals surface area (Å²) in [7, 11) is 1.57. The first-order chi connectivity index (χ1) is 12.9. The number of alkyl halides is 3. The number of carbonyl (C=O) groups is 1. The first-order valence-electron chi connectivity index (χ1n) is 8.58. The smallest absolute Gasteiger partial charge is 0.416 e. The highest BCUT2D eigenvalue weighted by atomic mass is 19.4. The van der Waals surface area contributed by atoms with Crippen LogP contribution in [0.2, 0.25) is 0 Å². The summed E-state index contributed by atoms with van der Waals surface area (Å²) < 4.78 is 43.8.